The van der Waals surface area contributed by atoms with Crippen LogP contribution in [0, 0.1) is 0 Å². The first-order valence-electron chi connectivity index (χ1n) is 4.84. The van der Waals surface area contributed by atoms with Crippen molar-refractivity contribution in [2.75, 3.05) is 0 Å². The molecule has 6 heteroatoms. The van der Waals surface area contributed by atoms with Crippen LogP contribution >= 0.6 is 0 Å². The molecule has 0 bridgehead atoms. The second kappa shape index (κ2) is 4.48. The van der Waals surface area contributed by atoms with Crippen LogP contribution in [0.2, 0.25) is 0 Å². The molecule has 0 unspecified atom stereocenters. The average Bonchev–Trinajstić information content (AvgIpc) is 2.39. The Morgan fingerprint density at radius 3 is 2.94 bits per heavy atom. The predicted octanol–water partition coefficient (Wildman–Crippen LogP) is 0.531. The fourth-order valence-corrected chi connectivity index (χ4v) is 1.41. The quantitative estimate of drug-likeness (QED) is 0.303. The van der Waals surface area contributed by atoms with Gasteiger partial charge in [0.1, 0.15) is 0 Å². The Morgan fingerprint density at radius 1 is 1.47 bits per heavy atom. The lowest BCUT2D eigenvalue weighted by Gasteiger charge is -2.02. The number of nitrogens with one attached hydrogen (secondary N) is 1. The van der Waals surface area contributed by atoms with Gasteiger partial charge in [-0.2, -0.15) is 0 Å². The Morgan fingerprint density at radius 2 is 2.29 bits per heavy atom. The van der Waals surface area contributed by atoms with Crippen molar-refractivity contribution in [3.63, 3.8) is 0 Å². The minimum Gasteiger partial charge on any atom is -0.409 e. The molecule has 0 aliphatic carbocycles. The molecule has 2 aromatic rings. The van der Waals surface area contributed by atoms with Crippen LogP contribution in [0.1, 0.15) is 5.56 Å². The van der Waals surface area contributed by atoms with Crippen molar-refractivity contribution >= 4 is 5.84 Å². The van der Waals surface area contributed by atoms with E-state index in [0.29, 0.717) is 11.3 Å². The van der Waals surface area contributed by atoms with Gasteiger partial charge in [-0.3, -0.25) is 9.78 Å². The van der Waals surface area contributed by atoms with Crippen LogP contribution < -0.4 is 11.3 Å². The highest BCUT2D eigenvalue weighted by atomic mass is 16.4. The third kappa shape index (κ3) is 2.15. The van der Waals surface area contributed by atoms with Gasteiger partial charge in [-0.05, 0) is 18.2 Å². The summed E-state index contributed by atoms with van der Waals surface area (Å²) in [4.78, 5) is 18.1. The normalized spacial score (nSPS) is 11.4. The molecule has 0 atom stereocenters. The predicted molar refractivity (Wildman–Crippen MR) is 62.8 cm³/mol. The number of hydrogen-bond acceptors (Lipinski definition) is 4. The highest BCUT2D eigenvalue weighted by molar-refractivity contribution is 5.97. The Kier molecular flexibility index (Phi) is 2.87. The number of aromatic amines is 1. The van der Waals surface area contributed by atoms with Gasteiger partial charge in [0.25, 0.3) is 5.56 Å². The number of aromatic nitrogens is 2. The van der Waals surface area contributed by atoms with E-state index in [0.717, 1.165) is 0 Å². The number of nitrogens with two attached hydrogens (primary N) is 1. The zero-order valence-electron chi connectivity index (χ0n) is 8.79. The number of pyridine rings is 2. The first-order valence-corrected chi connectivity index (χ1v) is 4.84. The second-order valence-electron chi connectivity index (χ2n) is 3.33. The molecule has 6 nitrogen and oxygen atoms in total. The Labute approximate surface area is 96.4 Å². The molecule has 0 amide bonds. The summed E-state index contributed by atoms with van der Waals surface area (Å²) in [6.45, 7) is 0. The van der Waals surface area contributed by atoms with E-state index in [1.807, 2.05) is 6.07 Å². The number of H-pyrrole nitrogens is 1. The van der Waals surface area contributed by atoms with E-state index in [1.54, 1.807) is 18.3 Å². The van der Waals surface area contributed by atoms with Crippen LogP contribution in [0.25, 0.3) is 11.3 Å². The van der Waals surface area contributed by atoms with Crippen LogP contribution in [0.3, 0.4) is 0 Å². The molecular formula is C11H10N4O2. The smallest absolute Gasteiger partial charge is 0.259 e. The Balaban J connectivity index is 2.56. The van der Waals surface area contributed by atoms with Crippen molar-refractivity contribution in [3.05, 3.63) is 52.6 Å². The highest BCUT2D eigenvalue weighted by Gasteiger charge is 2.08. The van der Waals surface area contributed by atoms with Crippen LogP contribution in [-0.2, 0) is 0 Å². The molecule has 0 saturated heterocycles. The summed E-state index contributed by atoms with van der Waals surface area (Å²) in [5.41, 5.74) is 6.47. The maximum Gasteiger partial charge on any atom is 0.259 e. The fraction of sp³-hybridized carbons (Fsp3) is 0. The van der Waals surface area contributed by atoms with Crippen molar-refractivity contribution in [1.82, 2.24) is 9.97 Å². The average molecular weight is 230 g/mol. The van der Waals surface area contributed by atoms with E-state index < -0.39 is 5.56 Å². The summed E-state index contributed by atoms with van der Waals surface area (Å²) in [6.07, 6.45) is 3.17. The molecule has 0 spiro atoms. The summed E-state index contributed by atoms with van der Waals surface area (Å²) < 4.78 is 0. The SMILES string of the molecule is NC(=NO)c1cc(-c2ccccn2)c[nH]c1=O. The first kappa shape index (κ1) is 10.9. The van der Waals surface area contributed by atoms with Crippen molar-refractivity contribution in [2.24, 2.45) is 10.9 Å². The first-order chi connectivity index (χ1) is 8.22. The molecule has 2 aromatic heterocycles. The maximum atomic E-state index is 11.5. The maximum absolute atomic E-state index is 11.5. The van der Waals surface area contributed by atoms with Gasteiger partial charge in [-0.25, -0.2) is 0 Å². The van der Waals surface area contributed by atoms with Crippen molar-refractivity contribution in [2.45, 2.75) is 0 Å². The van der Waals surface area contributed by atoms with Gasteiger partial charge in [-0.1, -0.05) is 11.2 Å². The zero-order valence-corrected chi connectivity index (χ0v) is 8.79. The molecule has 0 aliphatic heterocycles. The number of oxime groups is 1. The fourth-order valence-electron chi connectivity index (χ4n) is 1.41. The topological polar surface area (TPSA) is 104 Å². The van der Waals surface area contributed by atoms with E-state index in [-0.39, 0.29) is 11.4 Å². The van der Waals surface area contributed by atoms with Gasteiger partial charge in [0.15, 0.2) is 5.84 Å². The van der Waals surface area contributed by atoms with E-state index in [2.05, 4.69) is 15.1 Å². The largest absolute Gasteiger partial charge is 0.409 e. The minimum absolute atomic E-state index is 0.107. The van der Waals surface area contributed by atoms with Crippen LogP contribution in [0.4, 0.5) is 0 Å². The molecule has 2 rings (SSSR count). The monoisotopic (exact) mass is 230 g/mol. The van der Waals surface area contributed by atoms with Crippen molar-refractivity contribution in [1.29, 1.82) is 0 Å². The van der Waals surface area contributed by atoms with Gasteiger partial charge in [0.2, 0.25) is 0 Å². The van der Waals surface area contributed by atoms with Crippen LogP contribution in [-0.4, -0.2) is 21.0 Å². The third-order valence-electron chi connectivity index (χ3n) is 2.25. The van der Waals surface area contributed by atoms with Gasteiger partial charge in [0, 0.05) is 18.0 Å². The standard InChI is InChI=1S/C11H10N4O2/c12-10(15-17)8-5-7(6-14-11(8)16)9-3-1-2-4-13-9/h1-6,17H,(H2,12,15)(H,14,16). The van der Waals surface area contributed by atoms with E-state index >= 15 is 0 Å². The van der Waals surface area contributed by atoms with E-state index in [4.69, 9.17) is 10.9 Å². The number of nitrogens with zero attached hydrogens (tertiary/aromatic N) is 2. The lowest BCUT2D eigenvalue weighted by Crippen LogP contribution is -2.24. The van der Waals surface area contributed by atoms with Crippen molar-refractivity contribution < 1.29 is 5.21 Å². The molecule has 2 heterocycles. The van der Waals surface area contributed by atoms with Crippen LogP contribution in [0.5, 0.6) is 0 Å². The lowest BCUT2D eigenvalue weighted by atomic mass is 10.1. The molecule has 0 aliphatic rings. The van der Waals surface area contributed by atoms with Gasteiger partial charge < -0.3 is 15.9 Å². The molecule has 0 aromatic carbocycles. The van der Waals surface area contributed by atoms with Gasteiger partial charge in [-0.15, -0.1) is 0 Å². The molecule has 0 radical (unpaired) electrons. The second-order valence-corrected chi connectivity index (χ2v) is 3.33. The highest BCUT2D eigenvalue weighted by Crippen LogP contribution is 2.14. The zero-order chi connectivity index (χ0) is 12.3. The summed E-state index contributed by atoms with van der Waals surface area (Å²) >= 11 is 0. The lowest BCUT2D eigenvalue weighted by molar-refractivity contribution is 0.318. The van der Waals surface area contributed by atoms with Gasteiger partial charge >= 0.3 is 0 Å². The Bertz CT molecular complexity index is 604. The minimum atomic E-state index is -0.417. The Hall–Kier alpha value is -2.63. The van der Waals surface area contributed by atoms with E-state index in [9.17, 15) is 4.79 Å². The van der Waals surface area contributed by atoms with Crippen molar-refractivity contribution in [3.8, 4) is 11.3 Å². The van der Waals surface area contributed by atoms with Crippen LogP contribution in [0.15, 0.2) is 46.6 Å². The molecule has 86 valence electrons. The van der Waals surface area contributed by atoms with Gasteiger partial charge in [0.05, 0.1) is 11.3 Å². The molecule has 17 heavy (non-hydrogen) atoms. The summed E-state index contributed by atoms with van der Waals surface area (Å²) in [5, 5.41) is 11.4. The molecule has 0 fully saturated rings. The number of amidine groups is 1. The summed E-state index contributed by atoms with van der Waals surface area (Å²) in [6, 6.07) is 6.94. The molecule has 0 saturated carbocycles. The third-order valence-corrected chi connectivity index (χ3v) is 2.25. The molecule has 4 N–H and O–H groups in total. The summed E-state index contributed by atoms with van der Waals surface area (Å²) in [7, 11) is 0. The molecular weight excluding hydrogens is 220 g/mol. The van der Waals surface area contributed by atoms with E-state index in [1.165, 1.54) is 12.3 Å². The summed E-state index contributed by atoms with van der Waals surface area (Å²) in [5.74, 6) is -0.232. The number of hydrogen-bond donors (Lipinski definition) is 3. The number of rotatable bonds is 2.